The summed E-state index contributed by atoms with van der Waals surface area (Å²) >= 11 is 7.38. The first-order valence-electron chi connectivity index (χ1n) is 2.96. The van der Waals surface area contributed by atoms with Gasteiger partial charge < -0.3 is 0 Å². The molecule has 0 nitrogen and oxygen atoms in total. The van der Waals surface area contributed by atoms with Crippen molar-refractivity contribution in [1.82, 2.24) is 0 Å². The molecule has 0 N–H and O–H groups in total. The molecular formula is C6H13ClS. The molecule has 0 aromatic carbocycles. The van der Waals surface area contributed by atoms with Crippen LogP contribution >= 0.6 is 23.4 Å². The molecule has 0 fully saturated rings. The van der Waals surface area contributed by atoms with Gasteiger partial charge in [0.25, 0.3) is 0 Å². The fraction of sp³-hybridized carbons (Fsp3) is 1.00. The molecule has 0 rings (SSSR count). The molecule has 0 aliphatic carbocycles. The molecule has 0 radical (unpaired) electrons. The molecule has 0 unspecified atom stereocenters. The normalized spacial score (nSPS) is 9.75. The molecule has 0 bridgehead atoms. The van der Waals surface area contributed by atoms with Crippen molar-refractivity contribution in [3.05, 3.63) is 0 Å². The zero-order valence-electron chi connectivity index (χ0n) is 5.32. The number of alkyl halides is 1. The first-order chi connectivity index (χ1) is 3.91. The van der Waals surface area contributed by atoms with Gasteiger partial charge in [-0.1, -0.05) is 6.42 Å². The van der Waals surface area contributed by atoms with Gasteiger partial charge in [0.15, 0.2) is 0 Å². The predicted octanol–water partition coefficient (Wildman–Crippen LogP) is 2.76. The van der Waals surface area contributed by atoms with Crippen LogP contribution in [0.1, 0.15) is 19.3 Å². The Labute approximate surface area is 61.0 Å². The van der Waals surface area contributed by atoms with Crippen molar-refractivity contribution >= 4 is 23.4 Å². The number of hydrogen-bond acceptors (Lipinski definition) is 1. The van der Waals surface area contributed by atoms with Crippen molar-refractivity contribution in [2.75, 3.05) is 17.9 Å². The van der Waals surface area contributed by atoms with Crippen molar-refractivity contribution in [1.29, 1.82) is 0 Å². The van der Waals surface area contributed by atoms with Gasteiger partial charge in [-0.3, -0.25) is 0 Å². The van der Waals surface area contributed by atoms with Crippen molar-refractivity contribution in [2.24, 2.45) is 0 Å². The maximum Gasteiger partial charge on any atom is 0.0223 e. The Balaban J connectivity index is 2.53. The Morgan fingerprint density at radius 2 is 2.00 bits per heavy atom. The molecule has 0 aliphatic rings. The highest BCUT2D eigenvalue weighted by Gasteiger charge is 1.84. The topological polar surface area (TPSA) is 0 Å². The number of halogens is 1. The highest BCUT2D eigenvalue weighted by molar-refractivity contribution is 7.98. The van der Waals surface area contributed by atoms with E-state index in [1.165, 1.54) is 25.0 Å². The van der Waals surface area contributed by atoms with Crippen LogP contribution in [0.3, 0.4) is 0 Å². The molecule has 0 aromatic rings. The van der Waals surface area contributed by atoms with Crippen LogP contribution in [0, 0.1) is 0 Å². The predicted molar refractivity (Wildman–Crippen MR) is 43.0 cm³/mol. The van der Waals surface area contributed by atoms with Gasteiger partial charge in [0, 0.05) is 5.88 Å². The van der Waals surface area contributed by atoms with Gasteiger partial charge in [-0.2, -0.15) is 11.8 Å². The number of thioether (sulfide) groups is 1. The molecule has 0 saturated carbocycles. The van der Waals surface area contributed by atoms with E-state index < -0.39 is 0 Å². The van der Waals surface area contributed by atoms with Gasteiger partial charge in [0.1, 0.15) is 0 Å². The highest BCUT2D eigenvalue weighted by atomic mass is 35.5. The van der Waals surface area contributed by atoms with Crippen LogP contribution in [-0.2, 0) is 0 Å². The van der Waals surface area contributed by atoms with Gasteiger partial charge in [0.05, 0.1) is 0 Å². The second kappa shape index (κ2) is 7.64. The molecule has 0 atom stereocenters. The molecular weight excluding hydrogens is 140 g/mol. The molecule has 50 valence electrons. The average molecular weight is 153 g/mol. The van der Waals surface area contributed by atoms with Gasteiger partial charge in [-0.25, -0.2) is 0 Å². The lowest BCUT2D eigenvalue weighted by atomic mass is 10.3. The Hall–Kier alpha value is 0.640. The smallest absolute Gasteiger partial charge is 0.0223 e. The van der Waals surface area contributed by atoms with Gasteiger partial charge in [0.2, 0.25) is 0 Å². The quantitative estimate of drug-likeness (QED) is 0.431. The summed E-state index contributed by atoms with van der Waals surface area (Å²) in [6, 6.07) is 0. The van der Waals surface area contributed by atoms with E-state index in [-0.39, 0.29) is 0 Å². The van der Waals surface area contributed by atoms with Crippen LogP contribution in [-0.4, -0.2) is 17.9 Å². The first kappa shape index (κ1) is 8.64. The zero-order valence-corrected chi connectivity index (χ0v) is 6.89. The van der Waals surface area contributed by atoms with Crippen LogP contribution in [0.5, 0.6) is 0 Å². The summed E-state index contributed by atoms with van der Waals surface area (Å²) in [5.74, 6) is 2.12. The summed E-state index contributed by atoms with van der Waals surface area (Å²) in [6.45, 7) is 0. The van der Waals surface area contributed by atoms with Crippen LogP contribution < -0.4 is 0 Å². The van der Waals surface area contributed by atoms with E-state index in [1.54, 1.807) is 0 Å². The second-order valence-electron chi connectivity index (χ2n) is 1.74. The highest BCUT2D eigenvalue weighted by Crippen LogP contribution is 2.02. The fourth-order valence-electron chi connectivity index (χ4n) is 0.518. The van der Waals surface area contributed by atoms with Crippen LogP contribution in [0.25, 0.3) is 0 Å². The van der Waals surface area contributed by atoms with E-state index in [9.17, 15) is 0 Å². The van der Waals surface area contributed by atoms with E-state index in [1.807, 2.05) is 11.8 Å². The summed E-state index contributed by atoms with van der Waals surface area (Å²) in [6.07, 6.45) is 5.95. The molecule has 8 heavy (non-hydrogen) atoms. The minimum Gasteiger partial charge on any atom is -0.165 e. The maximum absolute atomic E-state index is 5.47. The SMILES string of the molecule is CSCCCCCCl. The van der Waals surface area contributed by atoms with Crippen molar-refractivity contribution in [3.63, 3.8) is 0 Å². The standard InChI is InChI=1S/C6H13ClS/c1-8-6-4-2-3-5-7/h2-6H2,1H3. The lowest BCUT2D eigenvalue weighted by molar-refractivity contribution is 0.783. The molecule has 0 amide bonds. The number of unbranched alkanes of at least 4 members (excludes halogenated alkanes) is 2. The minimum absolute atomic E-state index is 0.828. The van der Waals surface area contributed by atoms with Crippen LogP contribution in [0.2, 0.25) is 0 Å². The van der Waals surface area contributed by atoms with E-state index >= 15 is 0 Å². The molecule has 0 aliphatic heterocycles. The van der Waals surface area contributed by atoms with E-state index in [4.69, 9.17) is 11.6 Å². The third kappa shape index (κ3) is 6.64. The third-order valence-electron chi connectivity index (χ3n) is 0.982. The lowest BCUT2D eigenvalue weighted by Gasteiger charge is -1.93. The monoisotopic (exact) mass is 152 g/mol. The number of rotatable bonds is 5. The number of hydrogen-bond donors (Lipinski definition) is 0. The summed E-state index contributed by atoms with van der Waals surface area (Å²) in [7, 11) is 0. The molecule has 0 aromatic heterocycles. The summed E-state index contributed by atoms with van der Waals surface area (Å²) < 4.78 is 0. The summed E-state index contributed by atoms with van der Waals surface area (Å²) in [5, 5.41) is 0. The molecule has 2 heteroatoms. The Morgan fingerprint density at radius 3 is 2.50 bits per heavy atom. The maximum atomic E-state index is 5.47. The van der Waals surface area contributed by atoms with Crippen molar-refractivity contribution < 1.29 is 0 Å². The Morgan fingerprint density at radius 1 is 1.25 bits per heavy atom. The molecule has 0 heterocycles. The third-order valence-corrected chi connectivity index (χ3v) is 1.95. The first-order valence-corrected chi connectivity index (χ1v) is 4.89. The van der Waals surface area contributed by atoms with E-state index in [0.29, 0.717) is 0 Å². The van der Waals surface area contributed by atoms with E-state index in [0.717, 1.165) is 5.88 Å². The molecule has 0 saturated heterocycles. The van der Waals surface area contributed by atoms with Crippen molar-refractivity contribution in [2.45, 2.75) is 19.3 Å². The fourth-order valence-corrected chi connectivity index (χ4v) is 1.20. The van der Waals surface area contributed by atoms with Crippen LogP contribution in [0.15, 0.2) is 0 Å². The summed E-state index contributed by atoms with van der Waals surface area (Å²) in [4.78, 5) is 0. The Bertz CT molecular complexity index is 33.5. The summed E-state index contributed by atoms with van der Waals surface area (Å²) in [5.41, 5.74) is 0. The van der Waals surface area contributed by atoms with Crippen molar-refractivity contribution in [3.8, 4) is 0 Å². The van der Waals surface area contributed by atoms with Gasteiger partial charge in [-0.05, 0) is 24.9 Å². The van der Waals surface area contributed by atoms with Crippen LogP contribution in [0.4, 0.5) is 0 Å². The Kier molecular flexibility index (Phi) is 8.25. The van der Waals surface area contributed by atoms with Gasteiger partial charge >= 0.3 is 0 Å². The average Bonchev–Trinajstić information content (AvgIpc) is 1.81. The second-order valence-corrected chi connectivity index (χ2v) is 3.11. The molecule has 0 spiro atoms. The lowest BCUT2D eigenvalue weighted by Crippen LogP contribution is -1.79. The zero-order chi connectivity index (χ0) is 6.24. The largest absolute Gasteiger partial charge is 0.165 e. The van der Waals surface area contributed by atoms with E-state index in [2.05, 4.69) is 6.26 Å². The van der Waals surface area contributed by atoms with Gasteiger partial charge in [-0.15, -0.1) is 11.6 Å². The minimum atomic E-state index is 0.828.